The molecule has 7 heteroatoms. The van der Waals surface area contributed by atoms with E-state index in [9.17, 15) is 8.42 Å². The second kappa shape index (κ2) is 6.76. The summed E-state index contributed by atoms with van der Waals surface area (Å²) in [7, 11) is -2.92. The third-order valence-corrected chi connectivity index (χ3v) is 5.85. The summed E-state index contributed by atoms with van der Waals surface area (Å²) < 4.78 is 23.1. The fraction of sp³-hybridized carbons (Fsp3) is 0.412. The number of hydrogen-bond acceptors (Lipinski definition) is 6. The summed E-state index contributed by atoms with van der Waals surface area (Å²) in [5, 5.41) is 6.52. The molecule has 0 saturated carbocycles. The van der Waals surface area contributed by atoms with Crippen LogP contribution in [-0.2, 0) is 9.84 Å². The Bertz CT molecular complexity index is 809. The van der Waals surface area contributed by atoms with Gasteiger partial charge >= 0.3 is 0 Å². The number of rotatable bonds is 5. The van der Waals surface area contributed by atoms with Crippen LogP contribution in [0.2, 0.25) is 0 Å². The highest BCUT2D eigenvalue weighted by Gasteiger charge is 2.28. The number of nitrogens with one attached hydrogen (secondary N) is 2. The first-order valence-electron chi connectivity index (χ1n) is 8.05. The topological polar surface area (TPSA) is 84.0 Å². The Morgan fingerprint density at radius 2 is 1.96 bits per heavy atom. The Balaban J connectivity index is 1.72. The zero-order chi connectivity index (χ0) is 17.2. The lowest BCUT2D eigenvalue weighted by atomic mass is 10.1. The van der Waals surface area contributed by atoms with Gasteiger partial charge in [0.15, 0.2) is 9.84 Å². The molecule has 0 spiro atoms. The quantitative estimate of drug-likeness (QED) is 0.866. The molecule has 0 amide bonds. The zero-order valence-corrected chi connectivity index (χ0v) is 14.7. The van der Waals surface area contributed by atoms with Crippen LogP contribution in [0.4, 0.5) is 11.8 Å². The number of anilines is 2. The molecular weight excluding hydrogens is 324 g/mol. The van der Waals surface area contributed by atoms with Gasteiger partial charge in [-0.1, -0.05) is 30.3 Å². The van der Waals surface area contributed by atoms with Gasteiger partial charge in [0, 0.05) is 23.8 Å². The van der Waals surface area contributed by atoms with E-state index >= 15 is 0 Å². The van der Waals surface area contributed by atoms with Crippen molar-refractivity contribution >= 4 is 21.6 Å². The van der Waals surface area contributed by atoms with Crippen LogP contribution in [0.25, 0.3) is 0 Å². The predicted octanol–water partition coefficient (Wildman–Crippen LogP) is 2.56. The second-order valence-electron chi connectivity index (χ2n) is 6.24. The molecule has 0 radical (unpaired) electrons. The lowest BCUT2D eigenvalue weighted by molar-refractivity contribution is 0.602. The Morgan fingerprint density at radius 1 is 1.21 bits per heavy atom. The summed E-state index contributed by atoms with van der Waals surface area (Å²) >= 11 is 0. The van der Waals surface area contributed by atoms with Gasteiger partial charge in [0.2, 0.25) is 5.95 Å². The number of sulfone groups is 1. The smallest absolute Gasteiger partial charge is 0.225 e. The molecule has 0 aliphatic carbocycles. The van der Waals surface area contributed by atoms with Crippen molar-refractivity contribution in [3.05, 3.63) is 47.7 Å². The van der Waals surface area contributed by atoms with Crippen LogP contribution in [0.1, 0.15) is 30.6 Å². The third-order valence-electron chi connectivity index (χ3n) is 4.08. The molecule has 2 heterocycles. The maximum absolute atomic E-state index is 11.6. The Hall–Kier alpha value is -2.15. The number of aromatic nitrogens is 2. The SMILES string of the molecule is Cc1cc(NC(C)c2ccccc2)nc(NC2CCS(=O)(=O)C2)n1. The molecule has 1 fully saturated rings. The standard InChI is InChI=1S/C17H22N4O2S/c1-12-10-16(19-13(2)14-6-4-3-5-7-14)21-17(18-12)20-15-8-9-24(22,23)11-15/h3-7,10,13,15H,8-9,11H2,1-2H3,(H2,18,19,20,21). The van der Waals surface area contributed by atoms with E-state index in [1.54, 1.807) is 0 Å². The van der Waals surface area contributed by atoms with Crippen molar-refractivity contribution in [3.8, 4) is 0 Å². The summed E-state index contributed by atoms with van der Waals surface area (Å²) in [6, 6.07) is 12.0. The van der Waals surface area contributed by atoms with Gasteiger partial charge in [-0.3, -0.25) is 0 Å². The lowest BCUT2D eigenvalue weighted by Gasteiger charge is -2.17. The van der Waals surface area contributed by atoms with Crippen molar-refractivity contribution in [2.45, 2.75) is 32.4 Å². The van der Waals surface area contributed by atoms with E-state index in [1.165, 1.54) is 5.56 Å². The third kappa shape index (κ3) is 4.23. The molecule has 1 saturated heterocycles. The number of nitrogens with zero attached hydrogens (tertiary/aromatic N) is 2. The van der Waals surface area contributed by atoms with Gasteiger partial charge in [0.25, 0.3) is 0 Å². The maximum atomic E-state index is 11.6. The summed E-state index contributed by atoms with van der Waals surface area (Å²) in [6.45, 7) is 3.97. The molecule has 3 rings (SSSR count). The highest BCUT2D eigenvalue weighted by Crippen LogP contribution is 2.20. The van der Waals surface area contributed by atoms with Crippen LogP contribution < -0.4 is 10.6 Å². The van der Waals surface area contributed by atoms with E-state index in [-0.39, 0.29) is 23.6 Å². The van der Waals surface area contributed by atoms with Gasteiger partial charge in [-0.05, 0) is 25.8 Å². The van der Waals surface area contributed by atoms with E-state index in [1.807, 2.05) is 31.2 Å². The van der Waals surface area contributed by atoms with Crippen molar-refractivity contribution < 1.29 is 8.42 Å². The molecule has 24 heavy (non-hydrogen) atoms. The minimum absolute atomic E-state index is 0.111. The first kappa shape index (κ1) is 16.7. The minimum Gasteiger partial charge on any atom is -0.363 e. The van der Waals surface area contributed by atoms with Crippen LogP contribution in [0.3, 0.4) is 0 Å². The van der Waals surface area contributed by atoms with Crippen LogP contribution >= 0.6 is 0 Å². The Morgan fingerprint density at radius 3 is 2.62 bits per heavy atom. The zero-order valence-electron chi connectivity index (χ0n) is 13.9. The van der Waals surface area contributed by atoms with E-state index in [2.05, 4.69) is 39.7 Å². The molecule has 1 aromatic carbocycles. The first-order chi connectivity index (χ1) is 11.4. The van der Waals surface area contributed by atoms with Crippen molar-refractivity contribution in [1.29, 1.82) is 0 Å². The average Bonchev–Trinajstić information content (AvgIpc) is 2.86. The van der Waals surface area contributed by atoms with Crippen molar-refractivity contribution in [2.24, 2.45) is 0 Å². The van der Waals surface area contributed by atoms with Crippen molar-refractivity contribution in [2.75, 3.05) is 22.1 Å². The fourth-order valence-electron chi connectivity index (χ4n) is 2.85. The summed E-state index contributed by atoms with van der Waals surface area (Å²) in [6.07, 6.45) is 0.600. The fourth-order valence-corrected chi connectivity index (χ4v) is 4.52. The molecule has 2 N–H and O–H groups in total. The monoisotopic (exact) mass is 346 g/mol. The summed E-state index contributed by atoms with van der Waals surface area (Å²) in [5.41, 5.74) is 2.00. The Kier molecular flexibility index (Phi) is 4.71. The molecule has 1 aliphatic heterocycles. The minimum atomic E-state index is -2.92. The van der Waals surface area contributed by atoms with E-state index in [0.717, 1.165) is 11.5 Å². The number of benzene rings is 1. The van der Waals surface area contributed by atoms with Gasteiger partial charge in [0.05, 0.1) is 11.5 Å². The average molecular weight is 346 g/mol. The van der Waals surface area contributed by atoms with Crippen LogP contribution in [0.5, 0.6) is 0 Å². The van der Waals surface area contributed by atoms with E-state index in [4.69, 9.17) is 0 Å². The normalized spacial score (nSPS) is 20.5. The second-order valence-corrected chi connectivity index (χ2v) is 8.47. The molecule has 6 nitrogen and oxygen atoms in total. The summed E-state index contributed by atoms with van der Waals surface area (Å²) in [5.74, 6) is 1.57. The molecule has 2 aromatic rings. The van der Waals surface area contributed by atoms with Crippen molar-refractivity contribution in [1.82, 2.24) is 9.97 Å². The molecule has 1 aliphatic rings. The Labute approximate surface area is 142 Å². The van der Waals surface area contributed by atoms with Gasteiger partial charge < -0.3 is 10.6 Å². The van der Waals surface area contributed by atoms with Crippen LogP contribution in [-0.4, -0.2) is 35.9 Å². The molecule has 1 aromatic heterocycles. The van der Waals surface area contributed by atoms with E-state index < -0.39 is 9.84 Å². The molecule has 128 valence electrons. The van der Waals surface area contributed by atoms with Crippen LogP contribution in [0, 0.1) is 6.92 Å². The largest absolute Gasteiger partial charge is 0.363 e. The van der Waals surface area contributed by atoms with Crippen LogP contribution in [0.15, 0.2) is 36.4 Å². The highest BCUT2D eigenvalue weighted by atomic mass is 32.2. The van der Waals surface area contributed by atoms with Crippen molar-refractivity contribution in [3.63, 3.8) is 0 Å². The van der Waals surface area contributed by atoms with Gasteiger partial charge in [0.1, 0.15) is 5.82 Å². The maximum Gasteiger partial charge on any atom is 0.225 e. The number of hydrogen-bond donors (Lipinski definition) is 2. The molecule has 2 atom stereocenters. The molecular formula is C17H22N4O2S. The lowest BCUT2D eigenvalue weighted by Crippen LogP contribution is -2.22. The molecule has 2 unspecified atom stereocenters. The highest BCUT2D eigenvalue weighted by molar-refractivity contribution is 7.91. The molecule has 0 bridgehead atoms. The van der Waals surface area contributed by atoms with Gasteiger partial charge in [-0.15, -0.1) is 0 Å². The number of aryl methyl sites for hydroxylation is 1. The predicted molar refractivity (Wildman–Crippen MR) is 95.9 cm³/mol. The van der Waals surface area contributed by atoms with E-state index in [0.29, 0.717) is 12.4 Å². The van der Waals surface area contributed by atoms with Gasteiger partial charge in [-0.25, -0.2) is 13.4 Å². The summed E-state index contributed by atoms with van der Waals surface area (Å²) in [4.78, 5) is 8.85. The van der Waals surface area contributed by atoms with Gasteiger partial charge in [-0.2, -0.15) is 4.98 Å². The first-order valence-corrected chi connectivity index (χ1v) is 9.87.